The minimum Gasteiger partial charge on any atom is -0.494 e. The van der Waals surface area contributed by atoms with Crippen molar-refractivity contribution < 1.29 is 19.1 Å². The summed E-state index contributed by atoms with van der Waals surface area (Å²) in [5.74, 6) is 0.886. The van der Waals surface area contributed by atoms with Crippen LogP contribution in [0, 0.1) is 5.92 Å². The van der Waals surface area contributed by atoms with Crippen molar-refractivity contribution in [1.82, 2.24) is 9.80 Å². The lowest BCUT2D eigenvalue weighted by molar-refractivity contribution is -0.139. The molecular formula is C23H30N2O4. The zero-order chi connectivity index (χ0) is 20.4. The molecule has 0 aliphatic carbocycles. The summed E-state index contributed by atoms with van der Waals surface area (Å²) in [5.41, 5.74) is 1.85. The monoisotopic (exact) mass is 398 g/mol. The SMILES string of the molecule is CCOc1ccc(C2=C(N3CCCC(C)C3)C(=O)N(CC3CCCO3)C2=O)cc1. The number of benzene rings is 1. The summed E-state index contributed by atoms with van der Waals surface area (Å²) in [6.45, 7) is 7.39. The van der Waals surface area contributed by atoms with Crippen molar-refractivity contribution >= 4 is 17.4 Å². The zero-order valence-corrected chi connectivity index (χ0v) is 17.4. The molecule has 156 valence electrons. The first-order valence-electron chi connectivity index (χ1n) is 10.8. The minimum absolute atomic E-state index is 0.0518. The number of imide groups is 1. The van der Waals surface area contributed by atoms with Crippen LogP contribution in [-0.4, -0.2) is 60.6 Å². The van der Waals surface area contributed by atoms with E-state index in [4.69, 9.17) is 9.47 Å². The molecule has 6 nitrogen and oxygen atoms in total. The van der Waals surface area contributed by atoms with E-state index in [-0.39, 0.29) is 17.9 Å². The third-order valence-electron chi connectivity index (χ3n) is 5.98. The maximum Gasteiger partial charge on any atom is 0.277 e. The first-order chi connectivity index (χ1) is 14.1. The van der Waals surface area contributed by atoms with Gasteiger partial charge >= 0.3 is 0 Å². The number of hydrogen-bond acceptors (Lipinski definition) is 5. The normalized spacial score (nSPS) is 25.3. The summed E-state index contributed by atoms with van der Waals surface area (Å²) >= 11 is 0. The molecule has 6 heteroatoms. The smallest absolute Gasteiger partial charge is 0.277 e. The number of likely N-dealkylation sites (tertiary alicyclic amines) is 1. The average Bonchev–Trinajstić information content (AvgIpc) is 3.31. The summed E-state index contributed by atoms with van der Waals surface area (Å²) in [6.07, 6.45) is 4.02. The Morgan fingerprint density at radius 2 is 1.90 bits per heavy atom. The van der Waals surface area contributed by atoms with E-state index in [0.717, 1.165) is 50.1 Å². The molecular weight excluding hydrogens is 368 g/mol. The number of piperidine rings is 1. The highest BCUT2D eigenvalue weighted by Crippen LogP contribution is 2.35. The van der Waals surface area contributed by atoms with Gasteiger partial charge in [-0.25, -0.2) is 0 Å². The van der Waals surface area contributed by atoms with Gasteiger partial charge in [-0.1, -0.05) is 19.1 Å². The molecule has 29 heavy (non-hydrogen) atoms. The van der Waals surface area contributed by atoms with E-state index in [1.165, 1.54) is 4.90 Å². The summed E-state index contributed by atoms with van der Waals surface area (Å²) in [4.78, 5) is 30.3. The van der Waals surface area contributed by atoms with Gasteiger partial charge in [-0.15, -0.1) is 0 Å². The van der Waals surface area contributed by atoms with Crippen LogP contribution in [0.15, 0.2) is 30.0 Å². The van der Waals surface area contributed by atoms with Crippen LogP contribution in [0.5, 0.6) is 5.75 Å². The fraction of sp³-hybridized carbons (Fsp3) is 0.565. The summed E-state index contributed by atoms with van der Waals surface area (Å²) in [7, 11) is 0. The summed E-state index contributed by atoms with van der Waals surface area (Å²) in [6, 6.07) is 7.49. The van der Waals surface area contributed by atoms with E-state index in [9.17, 15) is 9.59 Å². The van der Waals surface area contributed by atoms with Crippen LogP contribution in [0.1, 0.15) is 45.1 Å². The van der Waals surface area contributed by atoms with Gasteiger partial charge in [0.1, 0.15) is 11.4 Å². The van der Waals surface area contributed by atoms with Gasteiger partial charge < -0.3 is 14.4 Å². The van der Waals surface area contributed by atoms with Crippen LogP contribution < -0.4 is 4.74 Å². The van der Waals surface area contributed by atoms with Crippen LogP contribution >= 0.6 is 0 Å². The van der Waals surface area contributed by atoms with E-state index in [0.29, 0.717) is 36.9 Å². The van der Waals surface area contributed by atoms with Crippen LogP contribution in [0.4, 0.5) is 0 Å². The van der Waals surface area contributed by atoms with Crippen LogP contribution in [-0.2, 0) is 14.3 Å². The first-order valence-corrected chi connectivity index (χ1v) is 10.8. The van der Waals surface area contributed by atoms with Crippen molar-refractivity contribution in [3.05, 3.63) is 35.5 Å². The van der Waals surface area contributed by atoms with Gasteiger partial charge in [-0.05, 0) is 56.2 Å². The van der Waals surface area contributed by atoms with Gasteiger partial charge in [0, 0.05) is 19.7 Å². The molecule has 0 spiro atoms. The quantitative estimate of drug-likeness (QED) is 0.690. The topological polar surface area (TPSA) is 59.1 Å². The van der Waals surface area contributed by atoms with Crippen LogP contribution in [0.2, 0.25) is 0 Å². The third-order valence-corrected chi connectivity index (χ3v) is 5.98. The minimum atomic E-state index is -0.206. The zero-order valence-electron chi connectivity index (χ0n) is 17.4. The maximum absolute atomic E-state index is 13.4. The number of carbonyl (C=O) groups excluding carboxylic acids is 2. The van der Waals surface area contributed by atoms with Crippen molar-refractivity contribution in [2.45, 2.75) is 45.6 Å². The van der Waals surface area contributed by atoms with Gasteiger partial charge in [-0.2, -0.15) is 0 Å². The molecule has 2 unspecified atom stereocenters. The van der Waals surface area contributed by atoms with E-state index in [1.54, 1.807) is 0 Å². The summed E-state index contributed by atoms with van der Waals surface area (Å²) in [5, 5.41) is 0. The second-order valence-corrected chi connectivity index (χ2v) is 8.23. The Labute approximate surface area is 172 Å². The number of ether oxygens (including phenoxy) is 2. The highest BCUT2D eigenvalue weighted by molar-refractivity contribution is 6.35. The fourth-order valence-electron chi connectivity index (χ4n) is 4.55. The highest BCUT2D eigenvalue weighted by atomic mass is 16.5. The molecule has 0 saturated carbocycles. The largest absolute Gasteiger partial charge is 0.494 e. The molecule has 2 atom stereocenters. The second kappa shape index (κ2) is 8.57. The van der Waals surface area contributed by atoms with Crippen molar-refractivity contribution in [1.29, 1.82) is 0 Å². The van der Waals surface area contributed by atoms with Crippen molar-refractivity contribution in [2.75, 3.05) is 32.8 Å². The molecule has 3 heterocycles. The predicted octanol–water partition coefficient (Wildman–Crippen LogP) is 3.08. The lowest BCUT2D eigenvalue weighted by Crippen LogP contribution is -2.41. The molecule has 4 rings (SSSR count). The third kappa shape index (κ3) is 4.04. The molecule has 2 amide bonds. The molecule has 3 aliphatic heterocycles. The number of amides is 2. The number of carbonyl (C=O) groups is 2. The van der Waals surface area contributed by atoms with Crippen LogP contribution in [0.25, 0.3) is 5.57 Å². The van der Waals surface area contributed by atoms with Crippen molar-refractivity contribution in [2.24, 2.45) is 5.92 Å². The van der Waals surface area contributed by atoms with Crippen molar-refractivity contribution in [3.8, 4) is 5.75 Å². The Kier molecular flexibility index (Phi) is 5.90. The molecule has 1 aromatic carbocycles. The molecule has 0 bridgehead atoms. The van der Waals surface area contributed by atoms with Gasteiger partial charge in [0.15, 0.2) is 0 Å². The van der Waals surface area contributed by atoms with Crippen LogP contribution in [0.3, 0.4) is 0 Å². The standard InChI is InChI=1S/C23H30N2O4/c1-3-28-18-10-8-17(9-11-18)20-21(24-12-4-6-16(2)14-24)23(27)25(22(20)26)15-19-7-5-13-29-19/h8-11,16,19H,3-7,12-15H2,1-2H3. The van der Waals surface area contributed by atoms with E-state index >= 15 is 0 Å². The molecule has 0 radical (unpaired) electrons. The Balaban J connectivity index is 1.68. The molecule has 0 aromatic heterocycles. The van der Waals surface area contributed by atoms with Gasteiger partial charge in [0.2, 0.25) is 0 Å². The molecule has 1 aromatic rings. The highest BCUT2D eigenvalue weighted by Gasteiger charge is 2.43. The van der Waals surface area contributed by atoms with Gasteiger partial charge in [-0.3, -0.25) is 14.5 Å². The van der Waals surface area contributed by atoms with E-state index in [2.05, 4.69) is 11.8 Å². The van der Waals surface area contributed by atoms with Gasteiger partial charge in [0.05, 0.1) is 24.8 Å². The van der Waals surface area contributed by atoms with E-state index < -0.39 is 0 Å². The number of nitrogens with zero attached hydrogens (tertiary/aromatic N) is 2. The lowest BCUT2D eigenvalue weighted by Gasteiger charge is -2.33. The molecule has 0 N–H and O–H groups in total. The van der Waals surface area contributed by atoms with Gasteiger partial charge in [0.25, 0.3) is 11.8 Å². The Hall–Kier alpha value is -2.34. The maximum atomic E-state index is 13.4. The molecule has 2 fully saturated rings. The second-order valence-electron chi connectivity index (χ2n) is 8.23. The number of hydrogen-bond donors (Lipinski definition) is 0. The van der Waals surface area contributed by atoms with Crippen molar-refractivity contribution in [3.63, 3.8) is 0 Å². The Bertz CT molecular complexity index is 796. The lowest BCUT2D eigenvalue weighted by atomic mass is 9.97. The predicted molar refractivity (Wildman–Crippen MR) is 110 cm³/mol. The first kappa shape index (κ1) is 20.0. The van der Waals surface area contributed by atoms with E-state index in [1.807, 2.05) is 31.2 Å². The summed E-state index contributed by atoms with van der Waals surface area (Å²) < 4.78 is 11.2. The molecule has 3 aliphatic rings. The molecule has 2 saturated heterocycles. The fourth-order valence-corrected chi connectivity index (χ4v) is 4.55. The average molecular weight is 399 g/mol. The Morgan fingerprint density at radius 1 is 1.10 bits per heavy atom. The number of rotatable bonds is 6. The Morgan fingerprint density at radius 3 is 2.55 bits per heavy atom.